The summed E-state index contributed by atoms with van der Waals surface area (Å²) in [7, 11) is 0. The van der Waals surface area contributed by atoms with E-state index in [1.54, 1.807) is 13.8 Å². The van der Waals surface area contributed by atoms with Crippen molar-refractivity contribution in [1.82, 2.24) is 0 Å². The molecule has 1 N–H and O–H groups in total. The van der Waals surface area contributed by atoms with Gasteiger partial charge >= 0.3 is 0 Å². The summed E-state index contributed by atoms with van der Waals surface area (Å²) in [5.74, 6) is -0.624. The molecule has 0 aromatic rings. The van der Waals surface area contributed by atoms with Gasteiger partial charge in [0.1, 0.15) is 12.7 Å². The number of hydrogen-bond acceptors (Lipinski definition) is 4. The number of Topliss-reactive ketones (excluding diaryl/α,β-unsaturated/α-hetero) is 1. The molecule has 1 aliphatic heterocycles. The van der Waals surface area contributed by atoms with E-state index in [1.165, 1.54) is 0 Å². The number of carbonyl (C=O) groups is 1. The fourth-order valence-corrected chi connectivity index (χ4v) is 1.63. The van der Waals surface area contributed by atoms with Gasteiger partial charge in [-0.2, -0.15) is 0 Å². The van der Waals surface area contributed by atoms with Crippen molar-refractivity contribution < 1.29 is 19.4 Å². The monoisotopic (exact) mass is 216 g/mol. The van der Waals surface area contributed by atoms with Crippen LogP contribution in [0.15, 0.2) is 0 Å². The summed E-state index contributed by atoms with van der Waals surface area (Å²) in [4.78, 5) is 11.5. The van der Waals surface area contributed by atoms with Crippen LogP contribution in [0.3, 0.4) is 0 Å². The Kier molecular flexibility index (Phi) is 3.87. The minimum Gasteiger partial charge on any atom is -0.390 e. The van der Waals surface area contributed by atoms with E-state index < -0.39 is 18.0 Å². The smallest absolute Gasteiger partial charge is 0.190 e. The maximum absolute atomic E-state index is 11.5. The van der Waals surface area contributed by atoms with Gasteiger partial charge in [0.25, 0.3) is 0 Å². The molecule has 0 aromatic carbocycles. The van der Waals surface area contributed by atoms with Crippen LogP contribution in [0.4, 0.5) is 0 Å². The lowest BCUT2D eigenvalue weighted by molar-refractivity contribution is -0.271. The molecule has 0 saturated carbocycles. The summed E-state index contributed by atoms with van der Waals surface area (Å²) in [5.41, 5.74) is 0. The second-order valence-electron chi connectivity index (χ2n) is 4.89. The van der Waals surface area contributed by atoms with Crippen LogP contribution >= 0.6 is 0 Å². The topological polar surface area (TPSA) is 55.8 Å². The Bertz CT molecular complexity index is 235. The molecule has 4 heteroatoms. The Morgan fingerprint density at radius 3 is 2.67 bits per heavy atom. The van der Waals surface area contributed by atoms with Crippen molar-refractivity contribution >= 4 is 5.78 Å². The van der Waals surface area contributed by atoms with Crippen LogP contribution in [0.1, 0.15) is 34.1 Å². The van der Waals surface area contributed by atoms with E-state index in [0.29, 0.717) is 12.3 Å². The first-order valence-corrected chi connectivity index (χ1v) is 5.34. The average Bonchev–Trinajstić information content (AvgIpc) is 2.08. The van der Waals surface area contributed by atoms with Crippen molar-refractivity contribution in [2.24, 2.45) is 5.92 Å². The summed E-state index contributed by atoms with van der Waals surface area (Å²) in [6, 6.07) is 0. The van der Waals surface area contributed by atoms with Crippen molar-refractivity contribution in [3.05, 3.63) is 0 Å². The lowest BCUT2D eigenvalue weighted by atomic mass is 9.98. The van der Waals surface area contributed by atoms with Crippen molar-refractivity contribution in [1.29, 1.82) is 0 Å². The van der Waals surface area contributed by atoms with Gasteiger partial charge in [-0.25, -0.2) is 0 Å². The molecule has 0 aliphatic carbocycles. The molecule has 1 rings (SSSR count). The number of ketones is 1. The second-order valence-corrected chi connectivity index (χ2v) is 4.89. The van der Waals surface area contributed by atoms with Crippen molar-refractivity contribution in [3.8, 4) is 0 Å². The van der Waals surface area contributed by atoms with E-state index in [9.17, 15) is 9.90 Å². The van der Waals surface area contributed by atoms with Gasteiger partial charge in [0.15, 0.2) is 11.6 Å². The molecule has 0 aromatic heterocycles. The van der Waals surface area contributed by atoms with E-state index >= 15 is 0 Å². The van der Waals surface area contributed by atoms with E-state index in [0.717, 1.165) is 0 Å². The SMILES string of the molecule is CC(C)C[C@H](O)[C@@H]1OC(C)(C)OCC1=O. The predicted octanol–water partition coefficient (Wildman–Crippen LogP) is 1.11. The van der Waals surface area contributed by atoms with Gasteiger partial charge in [0, 0.05) is 0 Å². The quantitative estimate of drug-likeness (QED) is 0.768. The van der Waals surface area contributed by atoms with Gasteiger partial charge in [0.05, 0.1) is 6.10 Å². The van der Waals surface area contributed by atoms with Crippen LogP contribution in [0.2, 0.25) is 0 Å². The molecule has 0 spiro atoms. The maximum Gasteiger partial charge on any atom is 0.190 e. The molecule has 0 radical (unpaired) electrons. The van der Waals surface area contributed by atoms with E-state index in [2.05, 4.69) is 0 Å². The zero-order valence-electron chi connectivity index (χ0n) is 9.82. The van der Waals surface area contributed by atoms with Gasteiger partial charge in [-0.3, -0.25) is 4.79 Å². The van der Waals surface area contributed by atoms with Gasteiger partial charge < -0.3 is 14.6 Å². The number of rotatable bonds is 3. The molecular formula is C11H20O4. The highest BCUT2D eigenvalue weighted by Crippen LogP contribution is 2.24. The van der Waals surface area contributed by atoms with Crippen LogP contribution in [0.5, 0.6) is 0 Å². The molecule has 2 atom stereocenters. The number of aliphatic hydroxyl groups is 1. The first kappa shape index (κ1) is 12.6. The van der Waals surface area contributed by atoms with Gasteiger partial charge in [-0.15, -0.1) is 0 Å². The third kappa shape index (κ3) is 3.55. The number of aliphatic hydroxyl groups excluding tert-OH is 1. The average molecular weight is 216 g/mol. The van der Waals surface area contributed by atoms with Crippen LogP contribution in [-0.4, -0.2) is 35.5 Å². The Labute approximate surface area is 90.6 Å². The lowest BCUT2D eigenvalue weighted by Crippen LogP contribution is -2.51. The number of carbonyl (C=O) groups excluding carboxylic acids is 1. The molecular weight excluding hydrogens is 196 g/mol. The predicted molar refractivity (Wildman–Crippen MR) is 55.4 cm³/mol. The summed E-state index contributed by atoms with van der Waals surface area (Å²) in [6.07, 6.45) is -0.913. The van der Waals surface area contributed by atoms with Crippen molar-refractivity contribution in [3.63, 3.8) is 0 Å². The van der Waals surface area contributed by atoms with Crippen molar-refractivity contribution in [2.45, 2.75) is 52.1 Å². The summed E-state index contributed by atoms with van der Waals surface area (Å²) >= 11 is 0. The van der Waals surface area contributed by atoms with Crippen LogP contribution in [0.25, 0.3) is 0 Å². The molecule has 0 amide bonds. The second kappa shape index (κ2) is 4.60. The molecule has 1 aliphatic rings. The van der Waals surface area contributed by atoms with E-state index in [1.807, 2.05) is 13.8 Å². The zero-order chi connectivity index (χ0) is 11.6. The first-order chi connectivity index (χ1) is 6.82. The van der Waals surface area contributed by atoms with Crippen LogP contribution in [0, 0.1) is 5.92 Å². The highest BCUT2D eigenvalue weighted by Gasteiger charge is 2.39. The highest BCUT2D eigenvalue weighted by molar-refractivity contribution is 5.85. The minimum absolute atomic E-state index is 0.0207. The van der Waals surface area contributed by atoms with Crippen LogP contribution < -0.4 is 0 Å². The Morgan fingerprint density at radius 2 is 2.13 bits per heavy atom. The summed E-state index contributed by atoms with van der Waals surface area (Å²) in [5, 5.41) is 9.85. The molecule has 1 fully saturated rings. The fraction of sp³-hybridized carbons (Fsp3) is 0.909. The molecule has 0 bridgehead atoms. The van der Waals surface area contributed by atoms with Gasteiger partial charge in [-0.1, -0.05) is 13.8 Å². The zero-order valence-corrected chi connectivity index (χ0v) is 9.82. The molecule has 88 valence electrons. The first-order valence-electron chi connectivity index (χ1n) is 5.34. The highest BCUT2D eigenvalue weighted by atomic mass is 16.7. The maximum atomic E-state index is 11.5. The Balaban J connectivity index is 2.61. The van der Waals surface area contributed by atoms with Crippen molar-refractivity contribution in [2.75, 3.05) is 6.61 Å². The lowest BCUT2D eigenvalue weighted by Gasteiger charge is -2.37. The molecule has 15 heavy (non-hydrogen) atoms. The van der Waals surface area contributed by atoms with Crippen LogP contribution in [-0.2, 0) is 14.3 Å². The number of ether oxygens (including phenoxy) is 2. The largest absolute Gasteiger partial charge is 0.390 e. The third-order valence-electron chi connectivity index (χ3n) is 2.35. The molecule has 0 unspecified atom stereocenters. The normalized spacial score (nSPS) is 28.1. The fourth-order valence-electron chi connectivity index (χ4n) is 1.63. The van der Waals surface area contributed by atoms with Gasteiger partial charge in [-0.05, 0) is 26.2 Å². The summed E-state index contributed by atoms with van der Waals surface area (Å²) in [6.45, 7) is 7.51. The summed E-state index contributed by atoms with van der Waals surface area (Å²) < 4.78 is 10.6. The molecule has 1 saturated heterocycles. The Hall–Kier alpha value is -0.450. The van der Waals surface area contributed by atoms with E-state index in [4.69, 9.17) is 9.47 Å². The van der Waals surface area contributed by atoms with Gasteiger partial charge in [0.2, 0.25) is 0 Å². The number of hydrogen-bond donors (Lipinski definition) is 1. The molecule has 1 heterocycles. The minimum atomic E-state index is -0.781. The standard InChI is InChI=1S/C11H20O4/c1-7(2)5-8(12)10-9(13)6-14-11(3,4)15-10/h7-8,10,12H,5-6H2,1-4H3/t8-,10-/m0/s1. The third-order valence-corrected chi connectivity index (χ3v) is 2.35. The van der Waals surface area contributed by atoms with E-state index in [-0.39, 0.29) is 12.4 Å². The Morgan fingerprint density at radius 1 is 1.53 bits per heavy atom. The molecule has 4 nitrogen and oxygen atoms in total.